The highest BCUT2D eigenvalue weighted by Crippen LogP contribution is 2.35. The van der Waals surface area contributed by atoms with Gasteiger partial charge in [-0.2, -0.15) is 0 Å². The highest BCUT2D eigenvalue weighted by atomic mass is 19.1. The summed E-state index contributed by atoms with van der Waals surface area (Å²) in [5.74, 6) is -2.13. The third kappa shape index (κ3) is 2.34. The minimum atomic E-state index is -0.483. The second-order valence-electron chi connectivity index (χ2n) is 4.67. The lowest BCUT2D eigenvalue weighted by atomic mass is 9.72. The van der Waals surface area contributed by atoms with E-state index in [2.05, 4.69) is 5.32 Å². The summed E-state index contributed by atoms with van der Waals surface area (Å²) in [6.45, 7) is 1.81. The number of nitrogens with one attached hydrogen (secondary N) is 1. The maximum atomic E-state index is 13.5. The topological polar surface area (TPSA) is 72.2 Å². The average Bonchev–Trinajstić information content (AvgIpc) is 2.20. The Labute approximate surface area is 104 Å². The van der Waals surface area contributed by atoms with Crippen molar-refractivity contribution in [2.45, 2.75) is 19.8 Å². The Morgan fingerprint density at radius 2 is 2.00 bits per heavy atom. The monoisotopic (exact) mass is 250 g/mol. The maximum Gasteiger partial charge on any atom is 0.228 e. The van der Waals surface area contributed by atoms with E-state index in [0.717, 1.165) is 5.56 Å². The van der Waals surface area contributed by atoms with E-state index < -0.39 is 23.6 Å². The molecular formula is C13H15FN2O2. The standard InChI is InChI=1S/C13H15FN2O2/c1-7-2-5-10(14)11(6-7)16-13(18)9-4-3-8(9)12(15)17/h2,5-6,8-9H,3-4H2,1H3,(H2,15,17)(H,16,18)/t8-,9-/m1/s1. The van der Waals surface area contributed by atoms with Gasteiger partial charge in [-0.15, -0.1) is 0 Å². The van der Waals surface area contributed by atoms with E-state index in [0.29, 0.717) is 12.8 Å². The molecular weight excluding hydrogens is 235 g/mol. The quantitative estimate of drug-likeness (QED) is 0.855. The van der Waals surface area contributed by atoms with Crippen LogP contribution in [-0.4, -0.2) is 11.8 Å². The number of rotatable bonds is 3. The van der Waals surface area contributed by atoms with Crippen LogP contribution >= 0.6 is 0 Å². The van der Waals surface area contributed by atoms with Crippen LogP contribution in [-0.2, 0) is 9.59 Å². The van der Waals surface area contributed by atoms with Crippen molar-refractivity contribution in [3.05, 3.63) is 29.6 Å². The number of amides is 2. The van der Waals surface area contributed by atoms with Gasteiger partial charge in [0.2, 0.25) is 11.8 Å². The van der Waals surface area contributed by atoms with Crippen molar-refractivity contribution >= 4 is 17.5 Å². The molecule has 1 aliphatic carbocycles. The van der Waals surface area contributed by atoms with Gasteiger partial charge in [0.1, 0.15) is 5.82 Å². The average molecular weight is 250 g/mol. The molecule has 0 bridgehead atoms. The second kappa shape index (κ2) is 4.76. The van der Waals surface area contributed by atoms with Crippen molar-refractivity contribution in [1.29, 1.82) is 0 Å². The first kappa shape index (κ1) is 12.5. The number of nitrogens with two attached hydrogens (primary N) is 1. The Morgan fingerprint density at radius 3 is 2.56 bits per heavy atom. The third-order valence-corrected chi connectivity index (χ3v) is 3.36. The van der Waals surface area contributed by atoms with Crippen LogP contribution in [0.5, 0.6) is 0 Å². The molecule has 1 aromatic carbocycles. The molecule has 0 radical (unpaired) electrons. The Morgan fingerprint density at radius 1 is 1.33 bits per heavy atom. The van der Waals surface area contributed by atoms with E-state index in [1.807, 2.05) is 6.92 Å². The summed E-state index contributed by atoms with van der Waals surface area (Å²) in [4.78, 5) is 22.9. The molecule has 1 aromatic rings. The molecule has 3 N–H and O–H groups in total. The molecule has 0 spiro atoms. The minimum Gasteiger partial charge on any atom is -0.369 e. The number of aryl methyl sites for hydroxylation is 1. The Kier molecular flexibility index (Phi) is 3.32. The Hall–Kier alpha value is -1.91. The largest absolute Gasteiger partial charge is 0.369 e. The summed E-state index contributed by atoms with van der Waals surface area (Å²) in [5, 5.41) is 2.52. The molecule has 96 valence electrons. The predicted molar refractivity (Wildman–Crippen MR) is 65.2 cm³/mol. The zero-order valence-electron chi connectivity index (χ0n) is 10.1. The zero-order valence-corrected chi connectivity index (χ0v) is 10.1. The lowest BCUT2D eigenvalue weighted by Crippen LogP contribution is -2.43. The zero-order chi connectivity index (χ0) is 13.3. The van der Waals surface area contributed by atoms with Gasteiger partial charge in [-0.25, -0.2) is 4.39 Å². The molecule has 18 heavy (non-hydrogen) atoms. The number of carbonyl (C=O) groups is 2. The summed E-state index contributed by atoms with van der Waals surface area (Å²) >= 11 is 0. The normalized spacial score (nSPS) is 22.1. The number of hydrogen-bond acceptors (Lipinski definition) is 2. The maximum absolute atomic E-state index is 13.5. The number of primary amides is 1. The lowest BCUT2D eigenvalue weighted by molar-refractivity contribution is -0.135. The minimum absolute atomic E-state index is 0.148. The van der Waals surface area contributed by atoms with E-state index in [9.17, 15) is 14.0 Å². The van der Waals surface area contributed by atoms with Gasteiger partial charge in [0.25, 0.3) is 0 Å². The summed E-state index contributed by atoms with van der Waals surface area (Å²) in [6, 6.07) is 4.49. The van der Waals surface area contributed by atoms with Crippen molar-refractivity contribution in [2.24, 2.45) is 17.6 Å². The highest BCUT2D eigenvalue weighted by molar-refractivity contribution is 5.97. The van der Waals surface area contributed by atoms with Gasteiger partial charge in [0.15, 0.2) is 0 Å². The van der Waals surface area contributed by atoms with Crippen LogP contribution in [0.15, 0.2) is 18.2 Å². The first-order valence-corrected chi connectivity index (χ1v) is 5.85. The van der Waals surface area contributed by atoms with Crippen LogP contribution in [0.1, 0.15) is 18.4 Å². The number of carbonyl (C=O) groups excluding carboxylic acids is 2. The predicted octanol–water partition coefficient (Wildman–Crippen LogP) is 1.58. The molecule has 1 fully saturated rings. The fourth-order valence-electron chi connectivity index (χ4n) is 2.11. The van der Waals surface area contributed by atoms with Gasteiger partial charge in [0.05, 0.1) is 5.69 Å². The van der Waals surface area contributed by atoms with Crippen LogP contribution in [0.4, 0.5) is 10.1 Å². The molecule has 2 atom stereocenters. The first-order chi connectivity index (χ1) is 8.49. The van der Waals surface area contributed by atoms with Crippen molar-refractivity contribution in [3.8, 4) is 0 Å². The van der Waals surface area contributed by atoms with E-state index >= 15 is 0 Å². The number of halogens is 1. The molecule has 4 nitrogen and oxygen atoms in total. The Balaban J connectivity index is 2.08. The van der Waals surface area contributed by atoms with Crippen LogP contribution in [0.2, 0.25) is 0 Å². The second-order valence-corrected chi connectivity index (χ2v) is 4.67. The van der Waals surface area contributed by atoms with Crippen LogP contribution in [0, 0.1) is 24.6 Å². The molecule has 0 heterocycles. The third-order valence-electron chi connectivity index (χ3n) is 3.36. The smallest absolute Gasteiger partial charge is 0.228 e. The van der Waals surface area contributed by atoms with E-state index in [4.69, 9.17) is 5.73 Å². The molecule has 2 rings (SSSR count). The van der Waals surface area contributed by atoms with Gasteiger partial charge < -0.3 is 11.1 Å². The number of anilines is 1. The van der Waals surface area contributed by atoms with Crippen molar-refractivity contribution in [2.75, 3.05) is 5.32 Å². The molecule has 2 amide bonds. The number of benzene rings is 1. The SMILES string of the molecule is Cc1ccc(F)c(NC(=O)[C@@H]2CC[C@H]2C(N)=O)c1. The highest BCUT2D eigenvalue weighted by Gasteiger charge is 2.40. The van der Waals surface area contributed by atoms with E-state index in [-0.39, 0.29) is 11.6 Å². The van der Waals surface area contributed by atoms with Gasteiger partial charge in [-0.05, 0) is 37.5 Å². The Bertz CT molecular complexity index is 502. The molecule has 0 aliphatic heterocycles. The van der Waals surface area contributed by atoms with Gasteiger partial charge in [0, 0.05) is 11.8 Å². The van der Waals surface area contributed by atoms with Crippen molar-refractivity contribution in [3.63, 3.8) is 0 Å². The molecule has 5 heteroatoms. The van der Waals surface area contributed by atoms with E-state index in [1.165, 1.54) is 6.07 Å². The fourth-order valence-corrected chi connectivity index (χ4v) is 2.11. The summed E-state index contributed by atoms with van der Waals surface area (Å²) in [5.41, 5.74) is 6.18. The molecule has 1 aliphatic rings. The van der Waals surface area contributed by atoms with Crippen LogP contribution in [0.25, 0.3) is 0 Å². The summed E-state index contributed by atoms with van der Waals surface area (Å²) in [6.07, 6.45) is 1.25. The van der Waals surface area contributed by atoms with Crippen LogP contribution < -0.4 is 11.1 Å². The first-order valence-electron chi connectivity index (χ1n) is 5.85. The van der Waals surface area contributed by atoms with E-state index in [1.54, 1.807) is 12.1 Å². The molecule has 0 unspecified atom stereocenters. The molecule has 0 aromatic heterocycles. The van der Waals surface area contributed by atoms with Crippen LogP contribution in [0.3, 0.4) is 0 Å². The summed E-state index contributed by atoms with van der Waals surface area (Å²) in [7, 11) is 0. The van der Waals surface area contributed by atoms with Crippen molar-refractivity contribution in [1.82, 2.24) is 0 Å². The van der Waals surface area contributed by atoms with Gasteiger partial charge in [-0.3, -0.25) is 9.59 Å². The molecule has 0 saturated heterocycles. The van der Waals surface area contributed by atoms with Gasteiger partial charge >= 0.3 is 0 Å². The summed E-state index contributed by atoms with van der Waals surface area (Å²) < 4.78 is 13.5. The van der Waals surface area contributed by atoms with Crippen molar-refractivity contribution < 1.29 is 14.0 Å². The number of hydrogen-bond donors (Lipinski definition) is 2. The van der Waals surface area contributed by atoms with Gasteiger partial charge in [-0.1, -0.05) is 6.07 Å². The molecule has 1 saturated carbocycles. The lowest BCUT2D eigenvalue weighted by Gasteiger charge is -2.32. The fraction of sp³-hybridized carbons (Fsp3) is 0.385.